The fraction of sp³-hybridized carbons (Fsp3) is 0.240. The van der Waals surface area contributed by atoms with Crippen LogP contribution in [0.25, 0.3) is 33.1 Å². The zero-order valence-corrected chi connectivity index (χ0v) is 37.2. The minimum atomic E-state index is -0.216. The van der Waals surface area contributed by atoms with E-state index in [4.69, 9.17) is 39.1 Å². The number of nitrogens with one attached hydrogen (secondary N) is 2. The molecular weight excluding hydrogens is 833 g/mol. The van der Waals surface area contributed by atoms with Crippen LogP contribution in [0.2, 0.25) is 0 Å². The van der Waals surface area contributed by atoms with Gasteiger partial charge in [0, 0.05) is 61.0 Å². The lowest BCUT2D eigenvalue weighted by Crippen LogP contribution is -2.32. The zero-order valence-electron chi connectivity index (χ0n) is 37.2. The molecule has 3 aliphatic heterocycles. The predicted molar refractivity (Wildman–Crippen MR) is 252 cm³/mol. The molecule has 2 N–H and O–H groups in total. The SMILES string of the molecule is COc1cc2c(cc1Nc1nc(C3Cc4nc(OC)c(Nc5ncc6cccc(N7Cc8ccccc8C7=O)c6n5)cc4CN3C)c3ccnc(-c4cccnc4OC)c3n1)CN(C)CC2. The molecule has 5 aromatic heterocycles. The molecule has 8 heterocycles. The van der Waals surface area contributed by atoms with Gasteiger partial charge in [0.1, 0.15) is 22.6 Å². The summed E-state index contributed by atoms with van der Waals surface area (Å²) in [5, 5.41) is 8.60. The van der Waals surface area contributed by atoms with Crippen molar-refractivity contribution in [1.29, 1.82) is 0 Å². The number of anilines is 5. The van der Waals surface area contributed by atoms with E-state index in [1.54, 1.807) is 44.8 Å². The van der Waals surface area contributed by atoms with Crippen LogP contribution in [0.1, 0.15) is 50.0 Å². The van der Waals surface area contributed by atoms with Crippen LogP contribution in [0.15, 0.2) is 97.5 Å². The van der Waals surface area contributed by atoms with Crippen molar-refractivity contribution >= 4 is 56.7 Å². The Bertz CT molecular complexity index is 3240. The number of fused-ring (bicyclic) bond motifs is 5. The molecule has 3 aliphatic rings. The number of ether oxygens (including phenoxy) is 3. The molecule has 16 nitrogen and oxygen atoms in total. The largest absolute Gasteiger partial charge is 0.495 e. The topological polar surface area (TPSA) is 169 Å². The second kappa shape index (κ2) is 16.6. The molecule has 0 saturated heterocycles. The molecular formula is C50H46N12O4. The molecule has 330 valence electrons. The number of rotatable bonds is 10. The Morgan fingerprint density at radius 1 is 0.667 bits per heavy atom. The summed E-state index contributed by atoms with van der Waals surface area (Å²) in [7, 11) is 9.11. The van der Waals surface area contributed by atoms with E-state index in [9.17, 15) is 4.79 Å². The molecule has 1 unspecified atom stereocenters. The number of pyridine rings is 3. The van der Waals surface area contributed by atoms with Crippen LogP contribution in [0.5, 0.6) is 17.5 Å². The molecule has 8 aromatic rings. The van der Waals surface area contributed by atoms with Crippen LogP contribution in [-0.4, -0.2) is 92.6 Å². The maximum atomic E-state index is 13.5. The lowest BCUT2D eigenvalue weighted by molar-refractivity contribution is 0.0996. The molecule has 0 spiro atoms. The maximum Gasteiger partial charge on any atom is 0.259 e. The van der Waals surface area contributed by atoms with Crippen LogP contribution in [-0.2, 0) is 32.5 Å². The fourth-order valence-corrected chi connectivity index (χ4v) is 9.48. The Labute approximate surface area is 380 Å². The van der Waals surface area contributed by atoms with E-state index in [2.05, 4.69) is 62.7 Å². The van der Waals surface area contributed by atoms with Crippen LogP contribution in [0.3, 0.4) is 0 Å². The van der Waals surface area contributed by atoms with Crippen LogP contribution in [0, 0.1) is 0 Å². The highest BCUT2D eigenvalue weighted by Crippen LogP contribution is 2.41. The van der Waals surface area contributed by atoms with Crippen molar-refractivity contribution in [3.63, 3.8) is 0 Å². The average Bonchev–Trinajstić information content (AvgIpc) is 3.68. The molecule has 66 heavy (non-hydrogen) atoms. The van der Waals surface area contributed by atoms with Gasteiger partial charge in [0.05, 0.1) is 67.8 Å². The lowest BCUT2D eigenvalue weighted by Gasteiger charge is -2.34. The molecule has 1 amide bonds. The Balaban J connectivity index is 0.956. The van der Waals surface area contributed by atoms with E-state index in [0.717, 1.165) is 69.9 Å². The van der Waals surface area contributed by atoms with E-state index in [1.165, 1.54) is 11.1 Å². The summed E-state index contributed by atoms with van der Waals surface area (Å²) in [6, 6.07) is 25.4. The number of carbonyl (C=O) groups is 1. The van der Waals surface area contributed by atoms with Gasteiger partial charge in [0.15, 0.2) is 0 Å². The highest BCUT2D eigenvalue weighted by molar-refractivity contribution is 6.13. The van der Waals surface area contributed by atoms with Crippen molar-refractivity contribution in [2.45, 2.75) is 38.5 Å². The van der Waals surface area contributed by atoms with E-state index >= 15 is 0 Å². The molecule has 0 saturated carbocycles. The number of amides is 1. The molecule has 0 fully saturated rings. The summed E-state index contributed by atoms with van der Waals surface area (Å²) < 4.78 is 17.6. The molecule has 0 aliphatic carbocycles. The Morgan fingerprint density at radius 3 is 2.33 bits per heavy atom. The summed E-state index contributed by atoms with van der Waals surface area (Å²) in [6.07, 6.45) is 6.71. The third kappa shape index (κ3) is 7.20. The van der Waals surface area contributed by atoms with Gasteiger partial charge in [0.2, 0.25) is 23.7 Å². The highest BCUT2D eigenvalue weighted by atomic mass is 16.5. The second-order valence-corrected chi connectivity index (χ2v) is 16.9. The molecule has 3 aromatic carbocycles. The summed E-state index contributed by atoms with van der Waals surface area (Å²) in [6.45, 7) is 2.85. The highest BCUT2D eigenvalue weighted by Gasteiger charge is 2.33. The van der Waals surface area contributed by atoms with Crippen molar-refractivity contribution in [3.05, 3.63) is 137 Å². The standard InChI is InChI=1S/C50H46N12O4/c1-60-19-16-28-22-41(64-3)37(20-31(28)25-60)55-50-58-43(34-15-18-51-44(45(34)59-50)35-13-9-17-52-46(35)65-4)40-23-36-32(26-61(40)2)21-38(47(54-36)66-5)56-49-53-24-29-11-8-14-39(42(29)57-49)62-27-30-10-6-7-12-33(30)48(62)63/h6-15,17-18,20-22,24,40H,16,19,23,25-27H2,1-5H3,(H,53,56,57)(H,55,58,59). The quantitative estimate of drug-likeness (QED) is 0.136. The van der Waals surface area contributed by atoms with Gasteiger partial charge in [-0.3, -0.25) is 14.7 Å². The maximum absolute atomic E-state index is 13.5. The van der Waals surface area contributed by atoms with E-state index < -0.39 is 0 Å². The number of likely N-dealkylation sites (N-methyl/N-ethyl adjacent to an activating group) is 2. The number of carbonyl (C=O) groups excluding carboxylic acids is 1. The van der Waals surface area contributed by atoms with Crippen molar-refractivity contribution < 1.29 is 19.0 Å². The number of hydrogen-bond donors (Lipinski definition) is 2. The van der Waals surface area contributed by atoms with Gasteiger partial charge in [-0.15, -0.1) is 0 Å². The molecule has 11 rings (SSSR count). The van der Waals surface area contributed by atoms with Gasteiger partial charge in [-0.05, 0) is 91.3 Å². The first-order valence-corrected chi connectivity index (χ1v) is 21.8. The molecule has 0 bridgehead atoms. The predicted octanol–water partition coefficient (Wildman–Crippen LogP) is 7.82. The van der Waals surface area contributed by atoms with Crippen LogP contribution >= 0.6 is 0 Å². The first-order chi connectivity index (χ1) is 32.3. The van der Waals surface area contributed by atoms with Crippen molar-refractivity contribution in [2.24, 2.45) is 0 Å². The smallest absolute Gasteiger partial charge is 0.259 e. The van der Waals surface area contributed by atoms with E-state index in [0.29, 0.717) is 76.7 Å². The number of benzene rings is 3. The number of methoxy groups -OCH3 is 3. The third-order valence-corrected chi connectivity index (χ3v) is 12.8. The Morgan fingerprint density at radius 2 is 1.48 bits per heavy atom. The summed E-state index contributed by atoms with van der Waals surface area (Å²) in [5.74, 6) is 2.26. The summed E-state index contributed by atoms with van der Waals surface area (Å²) in [5.41, 5.74) is 11.6. The van der Waals surface area contributed by atoms with E-state index in [1.807, 2.05) is 60.7 Å². The van der Waals surface area contributed by atoms with Crippen LogP contribution < -0.4 is 29.7 Å². The van der Waals surface area contributed by atoms with Crippen molar-refractivity contribution in [2.75, 3.05) is 57.5 Å². The number of para-hydroxylation sites is 1. The third-order valence-electron chi connectivity index (χ3n) is 12.8. The Hall–Kier alpha value is -7.82. The van der Waals surface area contributed by atoms with Crippen LogP contribution in [0.4, 0.5) is 29.0 Å². The van der Waals surface area contributed by atoms with Gasteiger partial charge in [-0.25, -0.2) is 29.9 Å². The molecule has 16 heteroatoms. The van der Waals surface area contributed by atoms with Gasteiger partial charge < -0.3 is 34.6 Å². The molecule has 0 radical (unpaired) electrons. The van der Waals surface area contributed by atoms with Gasteiger partial charge in [0.25, 0.3) is 5.91 Å². The summed E-state index contributed by atoms with van der Waals surface area (Å²) >= 11 is 0. The average molecular weight is 879 g/mol. The van der Waals surface area contributed by atoms with Gasteiger partial charge >= 0.3 is 0 Å². The number of hydrogen-bond acceptors (Lipinski definition) is 15. The van der Waals surface area contributed by atoms with Crippen molar-refractivity contribution in [1.82, 2.24) is 44.7 Å². The first kappa shape index (κ1) is 40.9. The van der Waals surface area contributed by atoms with E-state index in [-0.39, 0.29) is 11.9 Å². The minimum Gasteiger partial charge on any atom is -0.495 e. The number of nitrogens with zero attached hydrogens (tertiary/aromatic N) is 10. The zero-order chi connectivity index (χ0) is 45.1. The lowest BCUT2D eigenvalue weighted by atomic mass is 9.94. The fourth-order valence-electron chi connectivity index (χ4n) is 9.48. The minimum absolute atomic E-state index is 0.0506. The van der Waals surface area contributed by atoms with Gasteiger partial charge in [-0.2, -0.15) is 0 Å². The Kier molecular flexibility index (Phi) is 10.3. The van der Waals surface area contributed by atoms with Crippen molar-refractivity contribution in [3.8, 4) is 28.8 Å². The normalized spacial score (nSPS) is 15.9. The second-order valence-electron chi connectivity index (χ2n) is 16.9. The number of aromatic nitrogens is 7. The first-order valence-electron chi connectivity index (χ1n) is 21.8. The monoisotopic (exact) mass is 878 g/mol. The summed E-state index contributed by atoms with van der Waals surface area (Å²) in [4.78, 5) is 54.4. The molecule has 1 atom stereocenters. The van der Waals surface area contributed by atoms with Gasteiger partial charge in [-0.1, -0.05) is 30.3 Å².